The van der Waals surface area contributed by atoms with E-state index >= 15 is 0 Å². The summed E-state index contributed by atoms with van der Waals surface area (Å²) in [6, 6.07) is 5.10. The lowest BCUT2D eigenvalue weighted by Gasteiger charge is -2.06. The maximum Gasteiger partial charge on any atom is 0.341 e. The largest absolute Gasteiger partial charge is 0.452 e. The predicted octanol–water partition coefficient (Wildman–Crippen LogP) is 1.47. The molecule has 1 aromatic heterocycles. The van der Waals surface area contributed by atoms with Crippen molar-refractivity contribution in [1.82, 2.24) is 5.16 Å². The molecule has 0 saturated carbocycles. The number of halogens is 2. The van der Waals surface area contributed by atoms with Gasteiger partial charge in [-0.3, -0.25) is 4.79 Å². The molecule has 0 unspecified atom stereocenters. The molecule has 0 aliphatic carbocycles. The molecular weight excluding hydrogens is 350 g/mol. The number of hydrogen-bond acceptors (Lipinski definition) is 7. The average molecular weight is 360 g/mol. The van der Waals surface area contributed by atoms with Gasteiger partial charge < -0.3 is 14.6 Å². The van der Waals surface area contributed by atoms with Crippen LogP contribution in [-0.2, 0) is 19.4 Å². The van der Waals surface area contributed by atoms with Crippen LogP contribution in [0.25, 0.3) is 0 Å². The quantitative estimate of drug-likeness (QED) is 0.776. The minimum absolute atomic E-state index is 0.0996. The Morgan fingerprint density at radius 1 is 1.21 bits per heavy atom. The van der Waals surface area contributed by atoms with Gasteiger partial charge in [0.25, 0.3) is 5.91 Å². The number of carbonyl (C=O) groups is 2. The summed E-state index contributed by atoms with van der Waals surface area (Å²) in [4.78, 5) is 22.6. The molecule has 0 bridgehead atoms. The van der Waals surface area contributed by atoms with E-state index in [2.05, 4.69) is 15.0 Å². The Labute approximate surface area is 134 Å². The van der Waals surface area contributed by atoms with Crippen molar-refractivity contribution >= 4 is 27.5 Å². The summed E-state index contributed by atoms with van der Waals surface area (Å²) in [5.74, 6) is -5.02. The van der Waals surface area contributed by atoms with Crippen molar-refractivity contribution in [2.75, 3.05) is 11.9 Å². The Balaban J connectivity index is 1.94. The second-order valence-corrected chi connectivity index (χ2v) is 6.26. The van der Waals surface area contributed by atoms with Gasteiger partial charge in [0.05, 0.1) is 10.5 Å². The number of nitrogens with zero attached hydrogens (tertiary/aromatic N) is 1. The van der Waals surface area contributed by atoms with Crippen molar-refractivity contribution in [2.45, 2.75) is 10.7 Å². The van der Waals surface area contributed by atoms with Crippen molar-refractivity contribution in [2.24, 2.45) is 0 Å². The first-order chi connectivity index (χ1) is 11.3. The Morgan fingerprint density at radius 3 is 2.42 bits per heavy atom. The number of esters is 1. The second-order valence-electron chi connectivity index (χ2n) is 4.34. The minimum Gasteiger partial charge on any atom is -0.452 e. The number of aromatic nitrogens is 1. The molecule has 0 radical (unpaired) electrons. The zero-order valence-electron chi connectivity index (χ0n) is 11.8. The number of anilines is 1. The summed E-state index contributed by atoms with van der Waals surface area (Å²) in [7, 11) is -4.74. The van der Waals surface area contributed by atoms with E-state index in [9.17, 15) is 26.8 Å². The fourth-order valence-corrected chi connectivity index (χ4v) is 2.28. The fraction of sp³-hybridized carbons (Fsp3) is 0.154. The van der Waals surface area contributed by atoms with E-state index in [4.69, 9.17) is 4.74 Å². The van der Waals surface area contributed by atoms with E-state index in [1.54, 1.807) is 0 Å². The lowest BCUT2D eigenvalue weighted by Crippen LogP contribution is -2.21. The Bertz CT molecular complexity index is 819. The molecule has 2 aromatic rings. The van der Waals surface area contributed by atoms with Crippen molar-refractivity contribution in [1.29, 1.82) is 0 Å². The van der Waals surface area contributed by atoms with Crippen LogP contribution in [0, 0.1) is 0 Å². The number of hydrogen-bond donors (Lipinski definition) is 1. The normalized spacial score (nSPS) is 11.3. The van der Waals surface area contributed by atoms with Gasteiger partial charge in [-0.25, -0.2) is 13.2 Å². The first-order valence-electron chi connectivity index (χ1n) is 6.30. The van der Waals surface area contributed by atoms with E-state index in [0.29, 0.717) is 0 Å². The highest BCUT2D eigenvalue weighted by atomic mass is 32.2. The molecule has 1 N–H and O–H groups in total. The molecule has 0 aliphatic heterocycles. The number of nitrogens with one attached hydrogen (secondary N) is 1. The molecule has 0 fully saturated rings. The molecule has 0 atom stereocenters. The lowest BCUT2D eigenvalue weighted by atomic mass is 10.2. The molecule has 0 spiro atoms. The Morgan fingerprint density at radius 2 is 1.88 bits per heavy atom. The van der Waals surface area contributed by atoms with Crippen LogP contribution in [0.1, 0.15) is 10.4 Å². The molecule has 0 aliphatic rings. The van der Waals surface area contributed by atoms with Crippen LogP contribution < -0.4 is 5.32 Å². The molecule has 128 valence electrons. The number of alkyl halides is 2. The van der Waals surface area contributed by atoms with Crippen molar-refractivity contribution in [3.05, 3.63) is 42.2 Å². The topological polar surface area (TPSA) is 116 Å². The smallest absolute Gasteiger partial charge is 0.341 e. The summed E-state index contributed by atoms with van der Waals surface area (Å²) in [6.07, 6.45) is 1.23. The summed E-state index contributed by atoms with van der Waals surface area (Å²) >= 11 is 0. The van der Waals surface area contributed by atoms with Crippen molar-refractivity contribution in [3.63, 3.8) is 0 Å². The maximum atomic E-state index is 12.4. The number of ether oxygens (including phenoxy) is 1. The van der Waals surface area contributed by atoms with Gasteiger partial charge in [-0.1, -0.05) is 5.16 Å². The molecule has 24 heavy (non-hydrogen) atoms. The van der Waals surface area contributed by atoms with Crippen LogP contribution in [-0.4, -0.2) is 37.8 Å². The van der Waals surface area contributed by atoms with Crippen LogP contribution in [0.15, 0.2) is 46.0 Å². The Kier molecular flexibility index (Phi) is 5.24. The lowest BCUT2D eigenvalue weighted by molar-refractivity contribution is -0.119. The summed E-state index contributed by atoms with van der Waals surface area (Å²) in [5.41, 5.74) is -0.0996. The molecule has 8 nitrogen and oxygen atoms in total. The first kappa shape index (κ1) is 17.5. The van der Waals surface area contributed by atoms with Gasteiger partial charge in [-0.05, 0) is 24.3 Å². The molecular formula is C13H10F2N2O6S. The van der Waals surface area contributed by atoms with E-state index in [1.807, 2.05) is 0 Å². The summed E-state index contributed by atoms with van der Waals surface area (Å²) in [6.45, 7) is -0.622. The molecule has 2 rings (SSSR count). The highest BCUT2D eigenvalue weighted by Crippen LogP contribution is 2.18. The minimum atomic E-state index is -4.74. The van der Waals surface area contributed by atoms with Gasteiger partial charge in [-0.2, -0.15) is 8.78 Å². The third-order valence-corrected chi connectivity index (χ3v) is 4.09. The standard InChI is InChI=1S/C13H10F2N2O6S/c14-13(15)24(20,21)9-3-1-8(2-4-9)12(19)22-7-11(18)16-10-5-6-23-17-10/h1-6,13H,7H2,(H,16,17,18). The number of amides is 1. The monoisotopic (exact) mass is 360 g/mol. The van der Waals surface area contributed by atoms with E-state index < -0.39 is 39.0 Å². The number of rotatable bonds is 6. The molecule has 0 saturated heterocycles. The van der Waals surface area contributed by atoms with Crippen LogP contribution in [0.4, 0.5) is 14.6 Å². The van der Waals surface area contributed by atoms with Crippen LogP contribution in [0.5, 0.6) is 0 Å². The first-order valence-corrected chi connectivity index (χ1v) is 7.85. The highest BCUT2D eigenvalue weighted by Gasteiger charge is 2.26. The number of sulfone groups is 1. The van der Waals surface area contributed by atoms with E-state index in [-0.39, 0.29) is 11.4 Å². The SMILES string of the molecule is O=C(COC(=O)c1ccc(S(=O)(=O)C(F)F)cc1)Nc1ccon1. The third kappa shape index (κ3) is 4.13. The third-order valence-electron chi connectivity index (χ3n) is 2.69. The molecule has 1 heterocycles. The summed E-state index contributed by atoms with van der Waals surface area (Å²) in [5, 5.41) is 5.71. The van der Waals surface area contributed by atoms with Gasteiger partial charge in [0.1, 0.15) is 6.26 Å². The van der Waals surface area contributed by atoms with Gasteiger partial charge in [0, 0.05) is 6.07 Å². The van der Waals surface area contributed by atoms with Gasteiger partial charge >= 0.3 is 11.7 Å². The second kappa shape index (κ2) is 7.17. The fourth-order valence-electron chi connectivity index (χ4n) is 1.55. The zero-order chi connectivity index (χ0) is 17.7. The van der Waals surface area contributed by atoms with Crippen LogP contribution in [0.2, 0.25) is 0 Å². The van der Waals surface area contributed by atoms with Gasteiger partial charge in [0.15, 0.2) is 12.4 Å². The van der Waals surface area contributed by atoms with Crippen LogP contribution >= 0.6 is 0 Å². The van der Waals surface area contributed by atoms with Crippen LogP contribution in [0.3, 0.4) is 0 Å². The van der Waals surface area contributed by atoms with E-state index in [0.717, 1.165) is 24.3 Å². The highest BCUT2D eigenvalue weighted by molar-refractivity contribution is 7.91. The maximum absolute atomic E-state index is 12.4. The van der Waals surface area contributed by atoms with Crippen molar-refractivity contribution in [3.8, 4) is 0 Å². The van der Waals surface area contributed by atoms with Crippen molar-refractivity contribution < 1.29 is 36.0 Å². The van der Waals surface area contributed by atoms with Gasteiger partial charge in [-0.15, -0.1) is 0 Å². The molecule has 1 amide bonds. The van der Waals surface area contributed by atoms with E-state index in [1.165, 1.54) is 12.3 Å². The Hall–Kier alpha value is -2.82. The number of benzene rings is 1. The molecule has 1 aromatic carbocycles. The molecule has 11 heteroatoms. The van der Waals surface area contributed by atoms with Gasteiger partial charge in [0.2, 0.25) is 9.84 Å². The number of carbonyl (C=O) groups excluding carboxylic acids is 2. The predicted molar refractivity (Wildman–Crippen MR) is 75.0 cm³/mol. The zero-order valence-corrected chi connectivity index (χ0v) is 12.6. The average Bonchev–Trinajstić information content (AvgIpc) is 3.05. The summed E-state index contributed by atoms with van der Waals surface area (Å²) < 4.78 is 56.5.